The molecule has 0 saturated heterocycles. The molecule has 0 aliphatic carbocycles. The highest BCUT2D eigenvalue weighted by Gasteiger charge is 2.05. The number of furan rings is 1. The Morgan fingerprint density at radius 2 is 2.00 bits per heavy atom. The maximum atomic E-state index is 11.6. The standard InChI is InChI=1S/C13H13BrN2O3/c1-18-10-4-2-9(3-5-10)8-15-13(17)16-12-7-6-11(14)19-12/h2-7H,8H2,1H3,(H2,15,16,17). The van der Waals surface area contributed by atoms with Gasteiger partial charge in [-0.2, -0.15) is 0 Å². The van der Waals surface area contributed by atoms with E-state index in [0.29, 0.717) is 17.1 Å². The fourth-order valence-electron chi connectivity index (χ4n) is 1.46. The minimum Gasteiger partial charge on any atom is -0.497 e. The minimum absolute atomic E-state index is 0.322. The van der Waals surface area contributed by atoms with E-state index in [1.807, 2.05) is 24.3 Å². The number of ether oxygens (including phenoxy) is 1. The minimum atomic E-state index is -0.322. The number of halogens is 1. The van der Waals surface area contributed by atoms with Crippen molar-refractivity contribution in [2.45, 2.75) is 6.54 Å². The summed E-state index contributed by atoms with van der Waals surface area (Å²) in [6.07, 6.45) is 0. The predicted octanol–water partition coefficient (Wildman–Crippen LogP) is 3.37. The Morgan fingerprint density at radius 3 is 2.58 bits per heavy atom. The molecule has 0 radical (unpaired) electrons. The van der Waals surface area contributed by atoms with Crippen molar-refractivity contribution >= 4 is 27.8 Å². The second-order valence-electron chi connectivity index (χ2n) is 3.76. The summed E-state index contributed by atoms with van der Waals surface area (Å²) >= 11 is 3.16. The van der Waals surface area contributed by atoms with Gasteiger partial charge in [0.2, 0.25) is 5.88 Å². The number of rotatable bonds is 4. The van der Waals surface area contributed by atoms with Gasteiger partial charge in [0.1, 0.15) is 5.75 Å². The highest BCUT2D eigenvalue weighted by atomic mass is 79.9. The Bertz CT molecular complexity index is 551. The molecule has 0 spiro atoms. The lowest BCUT2D eigenvalue weighted by molar-refractivity contribution is 0.251. The maximum Gasteiger partial charge on any atom is 0.321 e. The maximum absolute atomic E-state index is 11.6. The Hall–Kier alpha value is -1.95. The van der Waals surface area contributed by atoms with Gasteiger partial charge in [-0.25, -0.2) is 4.79 Å². The van der Waals surface area contributed by atoms with E-state index in [4.69, 9.17) is 9.15 Å². The Balaban J connectivity index is 1.82. The molecule has 5 nitrogen and oxygen atoms in total. The van der Waals surface area contributed by atoms with E-state index in [-0.39, 0.29) is 6.03 Å². The molecule has 19 heavy (non-hydrogen) atoms. The van der Waals surface area contributed by atoms with Crippen LogP contribution in [0.5, 0.6) is 5.75 Å². The molecule has 100 valence electrons. The number of anilines is 1. The van der Waals surface area contributed by atoms with Crippen LogP contribution in [-0.2, 0) is 6.54 Å². The lowest BCUT2D eigenvalue weighted by atomic mass is 10.2. The summed E-state index contributed by atoms with van der Waals surface area (Å²) in [7, 11) is 1.61. The van der Waals surface area contributed by atoms with E-state index < -0.39 is 0 Å². The molecular formula is C13H13BrN2O3. The van der Waals surface area contributed by atoms with Gasteiger partial charge in [0.05, 0.1) is 7.11 Å². The van der Waals surface area contributed by atoms with Crippen LogP contribution in [-0.4, -0.2) is 13.1 Å². The first-order chi connectivity index (χ1) is 9.17. The Kier molecular flexibility index (Phi) is 4.46. The van der Waals surface area contributed by atoms with E-state index in [0.717, 1.165) is 11.3 Å². The molecule has 1 heterocycles. The number of methoxy groups -OCH3 is 1. The summed E-state index contributed by atoms with van der Waals surface area (Å²) < 4.78 is 10.8. The number of amides is 2. The van der Waals surface area contributed by atoms with Gasteiger partial charge in [-0.1, -0.05) is 12.1 Å². The van der Waals surface area contributed by atoms with Gasteiger partial charge < -0.3 is 14.5 Å². The summed E-state index contributed by atoms with van der Waals surface area (Å²) in [5.74, 6) is 1.17. The zero-order valence-corrected chi connectivity index (χ0v) is 11.9. The molecule has 2 amide bonds. The molecule has 0 saturated carbocycles. The largest absolute Gasteiger partial charge is 0.497 e. The molecule has 1 aromatic heterocycles. The number of hydrogen-bond acceptors (Lipinski definition) is 3. The van der Waals surface area contributed by atoms with Crippen molar-refractivity contribution < 1.29 is 13.9 Å². The van der Waals surface area contributed by atoms with Crippen LogP contribution < -0.4 is 15.4 Å². The van der Waals surface area contributed by atoms with Crippen molar-refractivity contribution in [3.8, 4) is 5.75 Å². The number of urea groups is 1. The molecule has 0 aliphatic rings. The normalized spacial score (nSPS) is 10.0. The SMILES string of the molecule is COc1ccc(CNC(=O)Nc2ccc(Br)o2)cc1. The first kappa shape index (κ1) is 13.5. The lowest BCUT2D eigenvalue weighted by Gasteiger charge is -2.06. The Labute approximate surface area is 119 Å². The van der Waals surface area contributed by atoms with Crippen molar-refractivity contribution in [3.63, 3.8) is 0 Å². The first-order valence-electron chi connectivity index (χ1n) is 5.60. The number of hydrogen-bond donors (Lipinski definition) is 2. The average Bonchev–Trinajstić information content (AvgIpc) is 2.82. The van der Waals surface area contributed by atoms with Gasteiger partial charge in [0, 0.05) is 12.6 Å². The van der Waals surface area contributed by atoms with Crippen molar-refractivity contribution in [2.75, 3.05) is 12.4 Å². The van der Waals surface area contributed by atoms with Crippen LogP contribution in [0.4, 0.5) is 10.7 Å². The summed E-state index contributed by atoms with van der Waals surface area (Å²) in [5, 5.41) is 5.31. The van der Waals surface area contributed by atoms with Crippen LogP contribution in [0, 0.1) is 0 Å². The Morgan fingerprint density at radius 1 is 1.26 bits per heavy atom. The van der Waals surface area contributed by atoms with E-state index in [1.165, 1.54) is 0 Å². The van der Waals surface area contributed by atoms with Crippen molar-refractivity contribution in [1.82, 2.24) is 5.32 Å². The van der Waals surface area contributed by atoms with Crippen molar-refractivity contribution in [2.24, 2.45) is 0 Å². The number of nitrogens with one attached hydrogen (secondary N) is 2. The van der Waals surface area contributed by atoms with E-state index in [1.54, 1.807) is 19.2 Å². The zero-order valence-electron chi connectivity index (χ0n) is 10.3. The molecular weight excluding hydrogens is 312 g/mol. The van der Waals surface area contributed by atoms with Gasteiger partial charge >= 0.3 is 6.03 Å². The fourth-order valence-corrected chi connectivity index (χ4v) is 1.77. The topological polar surface area (TPSA) is 63.5 Å². The summed E-state index contributed by atoms with van der Waals surface area (Å²) in [4.78, 5) is 11.6. The zero-order chi connectivity index (χ0) is 13.7. The van der Waals surface area contributed by atoms with Gasteiger partial charge in [-0.05, 0) is 39.7 Å². The van der Waals surface area contributed by atoms with Gasteiger partial charge in [0.15, 0.2) is 4.67 Å². The predicted molar refractivity (Wildman–Crippen MR) is 75.3 cm³/mol. The van der Waals surface area contributed by atoms with Crippen LogP contribution in [0.15, 0.2) is 45.5 Å². The third-order valence-electron chi connectivity index (χ3n) is 2.42. The monoisotopic (exact) mass is 324 g/mol. The fraction of sp³-hybridized carbons (Fsp3) is 0.154. The molecule has 0 aliphatic heterocycles. The van der Waals surface area contributed by atoms with Gasteiger partial charge in [-0.15, -0.1) is 0 Å². The number of carbonyl (C=O) groups is 1. The molecule has 0 fully saturated rings. The third-order valence-corrected chi connectivity index (χ3v) is 2.85. The van der Waals surface area contributed by atoms with Crippen LogP contribution >= 0.6 is 15.9 Å². The van der Waals surface area contributed by atoms with Crippen LogP contribution in [0.25, 0.3) is 0 Å². The lowest BCUT2D eigenvalue weighted by Crippen LogP contribution is -2.27. The molecule has 0 unspecified atom stereocenters. The van der Waals surface area contributed by atoms with Crippen LogP contribution in [0.3, 0.4) is 0 Å². The van der Waals surface area contributed by atoms with Gasteiger partial charge in [0.25, 0.3) is 0 Å². The molecule has 2 aromatic rings. The average molecular weight is 325 g/mol. The number of benzene rings is 1. The molecule has 6 heteroatoms. The third kappa shape index (κ3) is 4.03. The van der Waals surface area contributed by atoms with Crippen molar-refractivity contribution in [3.05, 3.63) is 46.6 Å². The summed E-state index contributed by atoms with van der Waals surface area (Å²) in [5.41, 5.74) is 0.983. The second kappa shape index (κ2) is 6.29. The molecule has 0 atom stereocenters. The smallest absolute Gasteiger partial charge is 0.321 e. The first-order valence-corrected chi connectivity index (χ1v) is 6.40. The summed E-state index contributed by atoms with van der Waals surface area (Å²) in [6, 6.07) is 10.5. The van der Waals surface area contributed by atoms with E-state index >= 15 is 0 Å². The van der Waals surface area contributed by atoms with E-state index in [2.05, 4.69) is 26.6 Å². The number of carbonyl (C=O) groups excluding carboxylic acids is 1. The second-order valence-corrected chi connectivity index (χ2v) is 4.54. The van der Waals surface area contributed by atoms with Gasteiger partial charge in [-0.3, -0.25) is 5.32 Å². The van der Waals surface area contributed by atoms with Crippen molar-refractivity contribution in [1.29, 1.82) is 0 Å². The molecule has 2 rings (SSSR count). The quantitative estimate of drug-likeness (QED) is 0.906. The highest BCUT2D eigenvalue weighted by molar-refractivity contribution is 9.10. The van der Waals surface area contributed by atoms with E-state index in [9.17, 15) is 4.79 Å². The van der Waals surface area contributed by atoms with Crippen LogP contribution in [0.2, 0.25) is 0 Å². The highest BCUT2D eigenvalue weighted by Crippen LogP contribution is 2.18. The molecule has 0 bridgehead atoms. The molecule has 1 aromatic carbocycles. The van der Waals surface area contributed by atoms with Crippen LogP contribution in [0.1, 0.15) is 5.56 Å². The summed E-state index contributed by atoms with van der Waals surface area (Å²) in [6.45, 7) is 0.428. The molecule has 2 N–H and O–H groups in total.